The van der Waals surface area contributed by atoms with Crippen LogP contribution >= 0.6 is 0 Å². The van der Waals surface area contributed by atoms with E-state index < -0.39 is 16.8 Å². The molecule has 1 amide bonds. The van der Waals surface area contributed by atoms with Crippen molar-refractivity contribution in [2.75, 3.05) is 0 Å². The predicted molar refractivity (Wildman–Crippen MR) is 81.6 cm³/mol. The third kappa shape index (κ3) is 4.21. The summed E-state index contributed by atoms with van der Waals surface area (Å²) in [6.45, 7) is 0. The average Bonchev–Trinajstić information content (AvgIpc) is 2.55. The minimum absolute atomic E-state index is 0.109. The molecule has 0 aromatic heterocycles. The van der Waals surface area contributed by atoms with Crippen molar-refractivity contribution in [3.05, 3.63) is 75.3 Å². The van der Waals surface area contributed by atoms with Gasteiger partial charge in [-0.15, -0.1) is 0 Å². The molecular formula is C15H11N3O5. The number of non-ortho nitro benzene ring substituents is 1. The van der Waals surface area contributed by atoms with Gasteiger partial charge in [0.25, 0.3) is 11.6 Å². The summed E-state index contributed by atoms with van der Waals surface area (Å²) < 4.78 is 0. The van der Waals surface area contributed by atoms with E-state index in [0.29, 0.717) is 5.56 Å². The molecule has 0 aliphatic carbocycles. The minimum atomic E-state index is -1.03. The highest BCUT2D eigenvalue weighted by Gasteiger charge is 2.10. The molecule has 0 fully saturated rings. The van der Waals surface area contributed by atoms with E-state index in [1.165, 1.54) is 48.7 Å². The summed E-state index contributed by atoms with van der Waals surface area (Å²) in [5.41, 5.74) is 2.90. The Hall–Kier alpha value is -3.55. The molecule has 2 N–H and O–H groups in total. The normalized spacial score (nSPS) is 10.4. The molecule has 0 spiro atoms. The van der Waals surface area contributed by atoms with E-state index in [2.05, 4.69) is 10.5 Å². The van der Waals surface area contributed by atoms with Gasteiger partial charge in [0.15, 0.2) is 0 Å². The number of amides is 1. The molecule has 2 aromatic carbocycles. The van der Waals surface area contributed by atoms with Crippen LogP contribution in [0.15, 0.2) is 53.6 Å². The van der Waals surface area contributed by atoms with Crippen LogP contribution in [0, 0.1) is 10.1 Å². The fourth-order valence-electron chi connectivity index (χ4n) is 1.70. The van der Waals surface area contributed by atoms with Crippen LogP contribution in [0.3, 0.4) is 0 Å². The number of carbonyl (C=O) groups is 2. The lowest BCUT2D eigenvalue weighted by atomic mass is 10.1. The van der Waals surface area contributed by atoms with Crippen LogP contribution in [0.1, 0.15) is 26.3 Å². The van der Waals surface area contributed by atoms with Gasteiger partial charge in [0, 0.05) is 17.7 Å². The van der Waals surface area contributed by atoms with Crippen molar-refractivity contribution in [1.82, 2.24) is 5.43 Å². The number of carbonyl (C=O) groups excluding carboxylic acids is 1. The number of hydrazone groups is 1. The van der Waals surface area contributed by atoms with Crippen molar-refractivity contribution in [3.63, 3.8) is 0 Å². The molecule has 23 heavy (non-hydrogen) atoms. The van der Waals surface area contributed by atoms with E-state index in [4.69, 9.17) is 5.11 Å². The summed E-state index contributed by atoms with van der Waals surface area (Å²) in [4.78, 5) is 32.6. The Labute approximate surface area is 130 Å². The highest BCUT2D eigenvalue weighted by molar-refractivity contribution is 5.95. The number of benzene rings is 2. The molecule has 116 valence electrons. The lowest BCUT2D eigenvalue weighted by Crippen LogP contribution is -2.17. The van der Waals surface area contributed by atoms with E-state index >= 15 is 0 Å². The number of carboxylic acid groups (broad SMARTS) is 1. The molecule has 8 nitrogen and oxygen atoms in total. The van der Waals surface area contributed by atoms with Crippen LogP contribution in [-0.4, -0.2) is 28.1 Å². The topological polar surface area (TPSA) is 122 Å². The van der Waals surface area contributed by atoms with E-state index in [1.807, 2.05) is 0 Å². The molecule has 0 atom stereocenters. The van der Waals surface area contributed by atoms with Gasteiger partial charge in [-0.25, -0.2) is 10.2 Å². The van der Waals surface area contributed by atoms with E-state index in [-0.39, 0.29) is 16.8 Å². The quantitative estimate of drug-likeness (QED) is 0.497. The fraction of sp³-hybridized carbons (Fsp3) is 0. The standard InChI is InChI=1S/C15H11N3O5/c19-14(12-2-1-3-13(8-12)18(22)23)17-16-9-10-4-6-11(7-5-10)15(20)21/h1-9H,(H,17,19)(H,20,21). The zero-order chi connectivity index (χ0) is 16.8. The first-order valence-electron chi connectivity index (χ1n) is 6.38. The van der Waals surface area contributed by atoms with Crippen molar-refractivity contribution in [2.45, 2.75) is 0 Å². The predicted octanol–water partition coefficient (Wildman–Crippen LogP) is 2.06. The van der Waals surface area contributed by atoms with Crippen molar-refractivity contribution in [1.29, 1.82) is 0 Å². The molecule has 0 saturated carbocycles. The van der Waals surface area contributed by atoms with Crippen LogP contribution in [0.4, 0.5) is 5.69 Å². The molecule has 0 radical (unpaired) electrons. The van der Waals surface area contributed by atoms with E-state index in [1.54, 1.807) is 0 Å². The number of nitro benzene ring substituents is 1. The first-order chi connectivity index (χ1) is 11.0. The minimum Gasteiger partial charge on any atom is -0.478 e. The summed E-state index contributed by atoms with van der Waals surface area (Å²) in [5, 5.41) is 23.2. The summed E-state index contributed by atoms with van der Waals surface area (Å²) in [5.74, 6) is -1.63. The largest absolute Gasteiger partial charge is 0.478 e. The van der Waals surface area contributed by atoms with Crippen LogP contribution < -0.4 is 5.43 Å². The Morgan fingerprint density at radius 1 is 1.13 bits per heavy atom. The maximum Gasteiger partial charge on any atom is 0.335 e. The summed E-state index contributed by atoms with van der Waals surface area (Å²) >= 11 is 0. The van der Waals surface area contributed by atoms with Gasteiger partial charge < -0.3 is 5.11 Å². The number of rotatable bonds is 5. The number of carboxylic acids is 1. The molecule has 2 rings (SSSR count). The Morgan fingerprint density at radius 2 is 1.83 bits per heavy atom. The Bertz CT molecular complexity index is 784. The number of hydrogen-bond donors (Lipinski definition) is 2. The van der Waals surface area contributed by atoms with Crippen molar-refractivity contribution < 1.29 is 19.6 Å². The maximum atomic E-state index is 11.8. The third-order valence-electron chi connectivity index (χ3n) is 2.86. The Balaban J connectivity index is 2.02. The lowest BCUT2D eigenvalue weighted by Gasteiger charge is -2.00. The summed E-state index contributed by atoms with van der Waals surface area (Å²) in [7, 11) is 0. The smallest absolute Gasteiger partial charge is 0.335 e. The van der Waals surface area contributed by atoms with Crippen LogP contribution in [0.25, 0.3) is 0 Å². The SMILES string of the molecule is O=C(O)c1ccc(C=NNC(=O)c2cccc([N+](=O)[O-])c2)cc1. The van der Waals surface area contributed by atoms with Crippen LogP contribution in [0.5, 0.6) is 0 Å². The molecule has 0 aliphatic rings. The molecular weight excluding hydrogens is 302 g/mol. The maximum absolute atomic E-state index is 11.8. The zero-order valence-electron chi connectivity index (χ0n) is 11.7. The molecule has 0 unspecified atom stereocenters. The van der Waals surface area contributed by atoms with Gasteiger partial charge in [-0.1, -0.05) is 18.2 Å². The number of hydrogen-bond acceptors (Lipinski definition) is 5. The van der Waals surface area contributed by atoms with Crippen molar-refractivity contribution >= 4 is 23.8 Å². The summed E-state index contributed by atoms with van der Waals surface area (Å²) in [6, 6.07) is 11.1. The third-order valence-corrected chi connectivity index (χ3v) is 2.86. The number of nitro groups is 1. The summed E-state index contributed by atoms with van der Waals surface area (Å²) in [6.07, 6.45) is 1.33. The highest BCUT2D eigenvalue weighted by atomic mass is 16.6. The molecule has 2 aromatic rings. The Kier molecular flexibility index (Phi) is 4.78. The number of nitrogens with zero attached hydrogens (tertiary/aromatic N) is 2. The van der Waals surface area contributed by atoms with Crippen molar-refractivity contribution in [3.8, 4) is 0 Å². The second-order valence-electron chi connectivity index (χ2n) is 4.43. The van der Waals surface area contributed by atoms with Gasteiger partial charge in [-0.2, -0.15) is 5.10 Å². The first-order valence-corrected chi connectivity index (χ1v) is 6.38. The van der Waals surface area contributed by atoms with Gasteiger partial charge in [-0.05, 0) is 23.8 Å². The highest BCUT2D eigenvalue weighted by Crippen LogP contribution is 2.12. The molecule has 0 aliphatic heterocycles. The number of nitrogens with one attached hydrogen (secondary N) is 1. The van der Waals surface area contributed by atoms with Gasteiger partial charge in [0.05, 0.1) is 16.7 Å². The molecule has 0 saturated heterocycles. The van der Waals surface area contributed by atoms with Gasteiger partial charge in [0.2, 0.25) is 0 Å². The monoisotopic (exact) mass is 313 g/mol. The number of aromatic carboxylic acids is 1. The van der Waals surface area contributed by atoms with Gasteiger partial charge in [-0.3, -0.25) is 14.9 Å². The van der Waals surface area contributed by atoms with Gasteiger partial charge in [0.1, 0.15) is 0 Å². The van der Waals surface area contributed by atoms with Crippen LogP contribution in [-0.2, 0) is 0 Å². The van der Waals surface area contributed by atoms with E-state index in [9.17, 15) is 19.7 Å². The zero-order valence-corrected chi connectivity index (χ0v) is 11.7. The van der Waals surface area contributed by atoms with E-state index in [0.717, 1.165) is 6.07 Å². The first kappa shape index (κ1) is 15.8. The fourth-order valence-corrected chi connectivity index (χ4v) is 1.70. The van der Waals surface area contributed by atoms with Crippen LogP contribution in [0.2, 0.25) is 0 Å². The second-order valence-corrected chi connectivity index (χ2v) is 4.43. The van der Waals surface area contributed by atoms with Gasteiger partial charge >= 0.3 is 5.97 Å². The molecule has 8 heteroatoms. The Morgan fingerprint density at radius 3 is 2.43 bits per heavy atom. The molecule has 0 heterocycles. The lowest BCUT2D eigenvalue weighted by molar-refractivity contribution is -0.384. The average molecular weight is 313 g/mol. The van der Waals surface area contributed by atoms with Crippen molar-refractivity contribution in [2.24, 2.45) is 5.10 Å². The molecule has 0 bridgehead atoms. The second kappa shape index (κ2) is 6.94.